The summed E-state index contributed by atoms with van der Waals surface area (Å²) in [4.78, 5) is 18.8. The van der Waals surface area contributed by atoms with Crippen molar-refractivity contribution in [1.82, 2.24) is 4.98 Å². The Hall–Kier alpha value is -2.08. The third-order valence-electron chi connectivity index (χ3n) is 2.66. The van der Waals surface area contributed by atoms with E-state index in [2.05, 4.69) is 4.98 Å². The number of rotatable bonds is 2. The molecule has 1 aliphatic heterocycles. The molecule has 0 atom stereocenters. The largest absolute Gasteiger partial charge is 0.480 e. The number of anilines is 2. The molecule has 0 saturated heterocycles. The molecule has 1 amide bonds. The SMILES string of the molecule is Nc1cnc2c(c1)OCC(=O)N2Cc1cccs1. The predicted molar refractivity (Wildman–Crippen MR) is 69.7 cm³/mol. The highest BCUT2D eigenvalue weighted by Crippen LogP contribution is 2.32. The summed E-state index contributed by atoms with van der Waals surface area (Å²) in [5.41, 5.74) is 6.18. The first kappa shape index (κ1) is 11.0. The average molecular weight is 261 g/mol. The van der Waals surface area contributed by atoms with Gasteiger partial charge in [0.1, 0.15) is 0 Å². The lowest BCUT2D eigenvalue weighted by molar-refractivity contribution is -0.121. The van der Waals surface area contributed by atoms with Crippen LogP contribution in [0.1, 0.15) is 4.88 Å². The maximum atomic E-state index is 11.9. The van der Waals surface area contributed by atoms with E-state index in [1.807, 2.05) is 17.5 Å². The van der Waals surface area contributed by atoms with Crippen LogP contribution in [0.4, 0.5) is 11.5 Å². The van der Waals surface area contributed by atoms with Gasteiger partial charge in [0.15, 0.2) is 18.2 Å². The summed E-state index contributed by atoms with van der Waals surface area (Å²) < 4.78 is 5.34. The highest BCUT2D eigenvalue weighted by molar-refractivity contribution is 7.09. The number of carbonyl (C=O) groups excluding carboxylic acids is 1. The molecule has 6 heteroatoms. The molecule has 0 aliphatic carbocycles. The van der Waals surface area contributed by atoms with Crippen molar-refractivity contribution >= 4 is 28.7 Å². The molecule has 3 rings (SSSR count). The maximum Gasteiger partial charge on any atom is 0.266 e. The van der Waals surface area contributed by atoms with Crippen LogP contribution in [0.2, 0.25) is 0 Å². The van der Waals surface area contributed by atoms with Gasteiger partial charge in [-0.05, 0) is 11.4 Å². The van der Waals surface area contributed by atoms with Gasteiger partial charge in [0.2, 0.25) is 0 Å². The molecule has 5 nitrogen and oxygen atoms in total. The number of amides is 1. The zero-order chi connectivity index (χ0) is 12.5. The first-order valence-electron chi connectivity index (χ1n) is 5.45. The summed E-state index contributed by atoms with van der Waals surface area (Å²) in [6.07, 6.45) is 1.53. The van der Waals surface area contributed by atoms with Crippen molar-refractivity contribution in [1.29, 1.82) is 0 Å². The molecular formula is C12H11N3O2S. The van der Waals surface area contributed by atoms with Crippen molar-refractivity contribution in [2.24, 2.45) is 0 Å². The minimum absolute atomic E-state index is 0.0313. The van der Waals surface area contributed by atoms with Crippen molar-refractivity contribution in [3.63, 3.8) is 0 Å². The number of hydrogen-bond acceptors (Lipinski definition) is 5. The van der Waals surface area contributed by atoms with Gasteiger partial charge in [-0.2, -0.15) is 0 Å². The van der Waals surface area contributed by atoms with Crippen LogP contribution in [-0.2, 0) is 11.3 Å². The van der Waals surface area contributed by atoms with Gasteiger partial charge in [0, 0.05) is 10.9 Å². The number of hydrogen-bond donors (Lipinski definition) is 1. The number of pyridine rings is 1. The fourth-order valence-electron chi connectivity index (χ4n) is 1.82. The lowest BCUT2D eigenvalue weighted by Gasteiger charge is -2.27. The van der Waals surface area contributed by atoms with Gasteiger partial charge < -0.3 is 10.5 Å². The van der Waals surface area contributed by atoms with Gasteiger partial charge in [-0.3, -0.25) is 9.69 Å². The zero-order valence-corrected chi connectivity index (χ0v) is 10.3. The lowest BCUT2D eigenvalue weighted by Crippen LogP contribution is -2.38. The number of nitrogen functional groups attached to an aromatic ring is 1. The quantitative estimate of drug-likeness (QED) is 0.892. The minimum atomic E-state index is -0.0897. The Balaban J connectivity index is 1.96. The van der Waals surface area contributed by atoms with Gasteiger partial charge in [-0.25, -0.2) is 4.98 Å². The number of carbonyl (C=O) groups is 1. The zero-order valence-electron chi connectivity index (χ0n) is 9.50. The van der Waals surface area contributed by atoms with E-state index in [9.17, 15) is 4.79 Å². The molecule has 0 radical (unpaired) electrons. The standard InChI is InChI=1S/C12H11N3O2S/c13-8-4-10-12(14-5-8)15(11(16)7-17-10)6-9-2-1-3-18-9/h1-5H,6-7,13H2. The third kappa shape index (κ3) is 1.91. The molecule has 0 unspecified atom stereocenters. The fraction of sp³-hybridized carbons (Fsp3) is 0.167. The van der Waals surface area contributed by atoms with Gasteiger partial charge in [-0.15, -0.1) is 11.3 Å². The Labute approximate surface area is 108 Å². The fourth-order valence-corrected chi connectivity index (χ4v) is 2.51. The van der Waals surface area contributed by atoms with Gasteiger partial charge >= 0.3 is 0 Å². The third-order valence-corrected chi connectivity index (χ3v) is 3.52. The summed E-state index contributed by atoms with van der Waals surface area (Å²) in [5, 5.41) is 1.98. The Morgan fingerprint density at radius 1 is 1.56 bits per heavy atom. The van der Waals surface area contributed by atoms with E-state index < -0.39 is 0 Å². The van der Waals surface area contributed by atoms with Gasteiger partial charge in [0.05, 0.1) is 18.4 Å². The molecule has 2 aromatic rings. The first-order valence-corrected chi connectivity index (χ1v) is 6.33. The van der Waals surface area contributed by atoms with Crippen LogP contribution in [0.15, 0.2) is 29.8 Å². The second-order valence-corrected chi connectivity index (χ2v) is 4.97. The number of nitrogens with two attached hydrogens (primary N) is 1. The molecule has 2 aromatic heterocycles. The summed E-state index contributed by atoms with van der Waals surface area (Å²) in [6, 6.07) is 5.64. The first-order chi connectivity index (χ1) is 8.74. The van der Waals surface area contributed by atoms with Crippen molar-refractivity contribution in [2.45, 2.75) is 6.54 Å². The molecular weight excluding hydrogens is 250 g/mol. The topological polar surface area (TPSA) is 68.5 Å². The highest BCUT2D eigenvalue weighted by Gasteiger charge is 2.27. The van der Waals surface area contributed by atoms with E-state index >= 15 is 0 Å². The molecule has 92 valence electrons. The monoisotopic (exact) mass is 261 g/mol. The van der Waals surface area contributed by atoms with Crippen LogP contribution in [0.25, 0.3) is 0 Å². The van der Waals surface area contributed by atoms with Crippen molar-refractivity contribution in [2.75, 3.05) is 17.2 Å². The van der Waals surface area contributed by atoms with Crippen LogP contribution in [0.3, 0.4) is 0 Å². The van der Waals surface area contributed by atoms with Crippen LogP contribution < -0.4 is 15.4 Å². The number of thiophene rings is 1. The summed E-state index contributed by atoms with van der Waals surface area (Å²) >= 11 is 1.61. The Kier molecular flexibility index (Phi) is 2.64. The maximum absolute atomic E-state index is 11.9. The minimum Gasteiger partial charge on any atom is -0.480 e. The Morgan fingerprint density at radius 2 is 2.44 bits per heavy atom. The molecule has 0 saturated carbocycles. The highest BCUT2D eigenvalue weighted by atomic mass is 32.1. The Bertz CT molecular complexity index is 583. The van der Waals surface area contributed by atoms with Crippen molar-refractivity contribution in [3.8, 4) is 5.75 Å². The molecule has 0 aromatic carbocycles. The van der Waals surface area contributed by atoms with E-state index in [4.69, 9.17) is 10.5 Å². The molecule has 3 heterocycles. The number of ether oxygens (including phenoxy) is 1. The van der Waals surface area contributed by atoms with E-state index in [1.165, 1.54) is 6.20 Å². The second-order valence-electron chi connectivity index (χ2n) is 3.94. The van der Waals surface area contributed by atoms with Crippen molar-refractivity contribution in [3.05, 3.63) is 34.7 Å². The van der Waals surface area contributed by atoms with Crippen LogP contribution >= 0.6 is 11.3 Å². The van der Waals surface area contributed by atoms with E-state index in [1.54, 1.807) is 22.3 Å². The van der Waals surface area contributed by atoms with E-state index in [0.717, 1.165) is 4.88 Å². The Morgan fingerprint density at radius 3 is 3.22 bits per heavy atom. The second kappa shape index (κ2) is 4.30. The van der Waals surface area contributed by atoms with E-state index in [-0.39, 0.29) is 12.5 Å². The average Bonchev–Trinajstić information content (AvgIpc) is 2.86. The van der Waals surface area contributed by atoms with E-state index in [0.29, 0.717) is 23.8 Å². The molecule has 0 fully saturated rings. The number of fused-ring (bicyclic) bond motifs is 1. The molecule has 0 bridgehead atoms. The van der Waals surface area contributed by atoms with Gasteiger partial charge in [0.25, 0.3) is 5.91 Å². The van der Waals surface area contributed by atoms with Crippen LogP contribution in [-0.4, -0.2) is 17.5 Å². The van der Waals surface area contributed by atoms with Crippen LogP contribution in [0.5, 0.6) is 5.75 Å². The van der Waals surface area contributed by atoms with Crippen LogP contribution in [0, 0.1) is 0 Å². The normalized spacial score (nSPS) is 14.2. The summed E-state index contributed by atoms with van der Waals surface area (Å²) in [5.74, 6) is 1.01. The van der Waals surface area contributed by atoms with Crippen molar-refractivity contribution < 1.29 is 9.53 Å². The molecule has 0 spiro atoms. The predicted octanol–water partition coefficient (Wildman–Crippen LogP) is 1.65. The number of aromatic nitrogens is 1. The summed E-state index contributed by atoms with van der Waals surface area (Å²) in [6.45, 7) is 0.549. The summed E-state index contributed by atoms with van der Waals surface area (Å²) in [7, 11) is 0. The molecule has 1 aliphatic rings. The number of nitrogens with zero attached hydrogens (tertiary/aromatic N) is 2. The smallest absolute Gasteiger partial charge is 0.266 e. The molecule has 18 heavy (non-hydrogen) atoms. The van der Waals surface area contributed by atoms with Gasteiger partial charge in [-0.1, -0.05) is 6.07 Å². The lowest BCUT2D eigenvalue weighted by atomic mass is 10.3. The molecule has 2 N–H and O–H groups in total.